The summed E-state index contributed by atoms with van der Waals surface area (Å²) in [4.78, 5) is 15.6. The van der Waals surface area contributed by atoms with Gasteiger partial charge in [-0.15, -0.1) is 0 Å². The number of carbonyl (C=O) groups is 1. The highest BCUT2D eigenvalue weighted by molar-refractivity contribution is 6.31. The molecule has 2 rings (SSSR count). The van der Waals surface area contributed by atoms with Crippen LogP contribution in [0.4, 0.5) is 4.39 Å². The molecule has 2 aromatic rings. The molecule has 1 aromatic heterocycles. The van der Waals surface area contributed by atoms with E-state index < -0.39 is 11.8 Å². The average Bonchev–Trinajstić information content (AvgIpc) is 2.74. The molecule has 1 heterocycles. The Morgan fingerprint density at radius 3 is 2.30 bits per heavy atom. The largest absolute Gasteiger partial charge is 0.489 e. The monoisotopic (exact) mass is 443 g/mol. The minimum Gasteiger partial charge on any atom is -0.489 e. The third-order valence-corrected chi connectivity index (χ3v) is 4.19. The number of pyridine rings is 1. The third-order valence-electron chi connectivity index (χ3n) is 3.84. The van der Waals surface area contributed by atoms with E-state index in [1.165, 1.54) is 13.2 Å². The zero-order chi connectivity index (χ0) is 21.1. The average molecular weight is 444 g/mol. The van der Waals surface area contributed by atoms with E-state index in [0.29, 0.717) is 17.2 Å². The Kier molecular flexibility index (Phi) is 15.4. The van der Waals surface area contributed by atoms with E-state index in [2.05, 4.69) is 23.6 Å². The zero-order valence-corrected chi connectivity index (χ0v) is 17.7. The lowest BCUT2D eigenvalue weighted by Crippen LogP contribution is -2.13. The highest BCUT2D eigenvalue weighted by Crippen LogP contribution is 2.24. The summed E-state index contributed by atoms with van der Waals surface area (Å²) in [6, 6.07) is 5.81. The molecule has 0 spiro atoms. The number of ether oxygens (including phenoxy) is 3. The summed E-state index contributed by atoms with van der Waals surface area (Å²) in [5.41, 5.74) is 0.179. The normalized spacial score (nSPS) is 9.47. The summed E-state index contributed by atoms with van der Waals surface area (Å²) >= 11 is 6.09. The van der Waals surface area contributed by atoms with Crippen LogP contribution in [-0.2, 0) is 11.3 Å². The van der Waals surface area contributed by atoms with Crippen LogP contribution in [0.5, 0.6) is 11.6 Å². The van der Waals surface area contributed by atoms with Gasteiger partial charge in [0.25, 0.3) is 0 Å². The van der Waals surface area contributed by atoms with Gasteiger partial charge in [-0.05, 0) is 31.0 Å². The Labute approximate surface area is 185 Å². The molecule has 0 saturated carbocycles. The van der Waals surface area contributed by atoms with Gasteiger partial charge in [0.2, 0.25) is 5.88 Å². The molecule has 0 atom stereocenters. The molecule has 170 valence electrons. The van der Waals surface area contributed by atoms with E-state index in [0.717, 1.165) is 18.9 Å². The first-order chi connectivity index (χ1) is 13.5. The fourth-order valence-corrected chi connectivity index (χ4v) is 2.50. The van der Waals surface area contributed by atoms with Crippen molar-refractivity contribution in [2.75, 3.05) is 7.11 Å². The van der Waals surface area contributed by atoms with Gasteiger partial charge in [-0.25, -0.2) is 14.2 Å². The molecule has 0 aliphatic heterocycles. The molecule has 0 unspecified atom stereocenters. The first-order valence-electron chi connectivity index (χ1n) is 9.30. The number of aromatic nitrogens is 1. The van der Waals surface area contributed by atoms with E-state index in [1.807, 2.05) is 13.8 Å². The van der Waals surface area contributed by atoms with Crippen LogP contribution in [0.1, 0.15) is 71.3 Å². The van der Waals surface area contributed by atoms with Gasteiger partial charge in [0.05, 0.1) is 25.0 Å². The summed E-state index contributed by atoms with van der Waals surface area (Å²) in [6.45, 7) is 8.14. The number of carbonyl (C=O) groups excluding carboxylic acids is 1. The maximum atomic E-state index is 14.0. The fraction of sp³-hybridized carbons (Fsp3) is 0.478. The molecule has 0 aliphatic carbocycles. The van der Waals surface area contributed by atoms with E-state index in [9.17, 15) is 9.18 Å². The van der Waals surface area contributed by atoms with Crippen LogP contribution >= 0.6 is 11.6 Å². The Morgan fingerprint density at radius 2 is 1.80 bits per heavy atom. The summed E-state index contributed by atoms with van der Waals surface area (Å²) in [5, 5.41) is 0.209. The van der Waals surface area contributed by atoms with Crippen LogP contribution in [0.15, 0.2) is 30.5 Å². The quantitative estimate of drug-likeness (QED) is 0.407. The Morgan fingerprint density at radius 1 is 1.17 bits per heavy atom. The minimum atomic E-state index is -0.786. The number of benzene rings is 1. The number of halogens is 2. The van der Waals surface area contributed by atoms with Crippen molar-refractivity contribution in [1.82, 2.24) is 4.98 Å². The van der Waals surface area contributed by atoms with E-state index in [4.69, 9.17) is 21.1 Å². The van der Waals surface area contributed by atoms with E-state index >= 15 is 0 Å². The molecular formula is C23H35ClFNO4. The van der Waals surface area contributed by atoms with Gasteiger partial charge >= 0.3 is 5.97 Å². The second-order valence-electron chi connectivity index (χ2n) is 5.59. The highest BCUT2D eigenvalue weighted by atomic mass is 35.5. The summed E-state index contributed by atoms with van der Waals surface area (Å²) in [7, 11) is 1.18. The zero-order valence-electron chi connectivity index (χ0n) is 16.9. The third kappa shape index (κ3) is 8.57. The molecule has 30 heavy (non-hydrogen) atoms. The number of methoxy groups -OCH3 is 1. The van der Waals surface area contributed by atoms with Crippen molar-refractivity contribution in [2.45, 2.75) is 68.1 Å². The van der Waals surface area contributed by atoms with Crippen LogP contribution in [0.2, 0.25) is 5.02 Å². The predicted molar refractivity (Wildman–Crippen MR) is 121 cm³/mol. The summed E-state index contributed by atoms with van der Waals surface area (Å²) < 4.78 is 29.8. The van der Waals surface area contributed by atoms with Crippen molar-refractivity contribution in [1.29, 1.82) is 0 Å². The van der Waals surface area contributed by atoms with Crippen LogP contribution in [0.25, 0.3) is 0 Å². The number of rotatable bonds is 8. The molecule has 0 amide bonds. The second kappa shape index (κ2) is 15.5. The Balaban J connectivity index is 0. The first kappa shape index (κ1) is 29.9. The molecular weight excluding hydrogens is 409 g/mol. The predicted octanol–water partition coefficient (Wildman–Crippen LogP) is 7.11. The Bertz CT molecular complexity index is 750. The molecule has 0 radical (unpaired) electrons. The Hall–Kier alpha value is -2.34. The van der Waals surface area contributed by atoms with Crippen molar-refractivity contribution < 1.29 is 23.4 Å². The van der Waals surface area contributed by atoms with Gasteiger partial charge < -0.3 is 14.2 Å². The van der Waals surface area contributed by atoms with Gasteiger partial charge in [0.15, 0.2) is 0 Å². The molecule has 5 nitrogen and oxygen atoms in total. The maximum Gasteiger partial charge on any atom is 0.340 e. The van der Waals surface area contributed by atoms with Gasteiger partial charge in [-0.3, -0.25) is 0 Å². The molecule has 0 fully saturated rings. The lowest BCUT2D eigenvalue weighted by atomic mass is 10.1. The molecule has 0 bridgehead atoms. The SMILES string of the molecule is C.C.CC.CCC(CC)Oc1ccc(OCc2cc(F)c(C(=O)OC)cc2Cl)nc1. The minimum absolute atomic E-state index is 0. The number of hydrogen-bond acceptors (Lipinski definition) is 5. The van der Waals surface area contributed by atoms with Crippen molar-refractivity contribution in [3.05, 3.63) is 52.4 Å². The topological polar surface area (TPSA) is 57.7 Å². The fourth-order valence-electron chi connectivity index (χ4n) is 2.29. The van der Waals surface area contributed by atoms with Gasteiger partial charge in [-0.2, -0.15) is 0 Å². The van der Waals surface area contributed by atoms with Crippen LogP contribution in [0.3, 0.4) is 0 Å². The summed E-state index contributed by atoms with van der Waals surface area (Å²) in [5.74, 6) is -0.485. The first-order valence-corrected chi connectivity index (χ1v) is 9.68. The van der Waals surface area contributed by atoms with Crippen LogP contribution in [0, 0.1) is 5.82 Å². The number of hydrogen-bond donors (Lipinski definition) is 0. The van der Waals surface area contributed by atoms with Gasteiger partial charge in [0.1, 0.15) is 18.2 Å². The molecule has 1 aromatic carbocycles. The van der Waals surface area contributed by atoms with Gasteiger partial charge in [-0.1, -0.05) is 54.1 Å². The lowest BCUT2D eigenvalue weighted by Gasteiger charge is -2.15. The van der Waals surface area contributed by atoms with Gasteiger partial charge in [0, 0.05) is 16.7 Å². The van der Waals surface area contributed by atoms with Crippen LogP contribution < -0.4 is 9.47 Å². The molecule has 0 aliphatic rings. The van der Waals surface area contributed by atoms with E-state index in [-0.39, 0.29) is 38.2 Å². The standard InChI is InChI=1S/C19H21ClFNO4.C2H6.2CH4/c1-4-13(5-2)26-14-6-7-18(22-10-14)25-11-12-8-17(21)15(9-16(12)20)19(23)24-3;1-2;;/h6-10,13H,4-5,11H2,1-3H3;1-2H3;2*1H4. The van der Waals surface area contributed by atoms with Crippen molar-refractivity contribution in [3.8, 4) is 11.6 Å². The molecule has 7 heteroatoms. The number of esters is 1. The van der Waals surface area contributed by atoms with Crippen LogP contribution in [-0.4, -0.2) is 24.2 Å². The smallest absolute Gasteiger partial charge is 0.340 e. The molecule has 0 N–H and O–H groups in total. The second-order valence-corrected chi connectivity index (χ2v) is 6.00. The van der Waals surface area contributed by atoms with Crippen molar-refractivity contribution >= 4 is 17.6 Å². The van der Waals surface area contributed by atoms with Crippen molar-refractivity contribution in [3.63, 3.8) is 0 Å². The van der Waals surface area contributed by atoms with Crippen molar-refractivity contribution in [2.24, 2.45) is 0 Å². The molecule has 0 saturated heterocycles. The summed E-state index contributed by atoms with van der Waals surface area (Å²) in [6.07, 6.45) is 3.57. The van der Waals surface area contributed by atoms with E-state index in [1.54, 1.807) is 18.3 Å². The lowest BCUT2D eigenvalue weighted by molar-refractivity contribution is 0.0595. The highest BCUT2D eigenvalue weighted by Gasteiger charge is 2.16. The number of nitrogens with zero attached hydrogens (tertiary/aromatic N) is 1. The maximum absolute atomic E-state index is 14.0.